The minimum absolute atomic E-state index is 0.0951. The van der Waals surface area contributed by atoms with Crippen molar-refractivity contribution in [3.05, 3.63) is 15.6 Å². The summed E-state index contributed by atoms with van der Waals surface area (Å²) in [6.07, 6.45) is 3.48. The maximum Gasteiger partial charge on any atom is 0.119 e. The first kappa shape index (κ1) is 11.1. The molecule has 0 bridgehead atoms. The first-order valence-corrected chi connectivity index (χ1v) is 6.40. The van der Waals surface area contributed by atoms with Crippen LogP contribution in [0.5, 0.6) is 0 Å². The van der Waals surface area contributed by atoms with Crippen LogP contribution in [0.25, 0.3) is 0 Å². The second kappa shape index (κ2) is 3.87. The summed E-state index contributed by atoms with van der Waals surface area (Å²) in [6.45, 7) is 7.04. The van der Waals surface area contributed by atoms with Crippen molar-refractivity contribution < 1.29 is 5.11 Å². The molecule has 0 amide bonds. The van der Waals surface area contributed by atoms with E-state index in [1.165, 1.54) is 17.0 Å². The molecule has 0 radical (unpaired) electrons. The van der Waals surface area contributed by atoms with E-state index in [0.717, 1.165) is 23.8 Å². The first-order chi connectivity index (χ1) is 7.00. The summed E-state index contributed by atoms with van der Waals surface area (Å²) in [6, 6.07) is 0. The van der Waals surface area contributed by atoms with Crippen LogP contribution in [0.3, 0.4) is 0 Å². The van der Waals surface area contributed by atoms with Gasteiger partial charge in [0.05, 0.1) is 12.3 Å². The van der Waals surface area contributed by atoms with E-state index in [-0.39, 0.29) is 6.61 Å². The molecule has 1 unspecified atom stereocenters. The lowest BCUT2D eigenvalue weighted by Gasteiger charge is -2.33. The lowest BCUT2D eigenvalue weighted by molar-refractivity contribution is 0.216. The molecule has 0 saturated heterocycles. The van der Waals surface area contributed by atoms with Crippen molar-refractivity contribution in [2.24, 2.45) is 11.3 Å². The molecule has 84 valence electrons. The van der Waals surface area contributed by atoms with E-state index < -0.39 is 0 Å². The maximum absolute atomic E-state index is 9.06. The van der Waals surface area contributed by atoms with Crippen LogP contribution in [0.15, 0.2) is 0 Å². The van der Waals surface area contributed by atoms with E-state index >= 15 is 0 Å². The van der Waals surface area contributed by atoms with Crippen molar-refractivity contribution >= 4 is 11.3 Å². The fourth-order valence-electron chi connectivity index (χ4n) is 2.24. The number of rotatable bonds is 1. The number of thiazole rings is 1. The second-order valence-electron chi connectivity index (χ2n) is 5.44. The van der Waals surface area contributed by atoms with E-state index in [9.17, 15) is 0 Å². The number of aromatic nitrogens is 1. The number of fused-ring (bicyclic) bond motifs is 1. The molecule has 0 saturated carbocycles. The zero-order valence-electron chi connectivity index (χ0n) is 9.71. The third-order valence-electron chi connectivity index (χ3n) is 3.34. The lowest BCUT2D eigenvalue weighted by Crippen LogP contribution is -2.26. The van der Waals surface area contributed by atoms with Gasteiger partial charge in [0.15, 0.2) is 0 Å². The van der Waals surface area contributed by atoms with Crippen molar-refractivity contribution in [3.8, 4) is 0 Å². The number of nitrogens with zero attached hydrogens (tertiary/aromatic N) is 1. The molecule has 15 heavy (non-hydrogen) atoms. The van der Waals surface area contributed by atoms with Gasteiger partial charge in [0, 0.05) is 4.88 Å². The van der Waals surface area contributed by atoms with Gasteiger partial charge >= 0.3 is 0 Å². The van der Waals surface area contributed by atoms with E-state index in [4.69, 9.17) is 5.11 Å². The van der Waals surface area contributed by atoms with Crippen LogP contribution in [-0.4, -0.2) is 10.1 Å². The summed E-state index contributed by atoms with van der Waals surface area (Å²) in [5.74, 6) is 0.761. The fourth-order valence-corrected chi connectivity index (χ4v) is 3.29. The zero-order valence-corrected chi connectivity index (χ0v) is 10.5. The van der Waals surface area contributed by atoms with Crippen LogP contribution in [-0.2, 0) is 19.4 Å². The highest BCUT2D eigenvalue weighted by molar-refractivity contribution is 7.11. The van der Waals surface area contributed by atoms with Crippen LogP contribution in [0.4, 0.5) is 0 Å². The highest BCUT2D eigenvalue weighted by Gasteiger charge is 2.30. The molecular weight excluding hydrogens is 206 g/mol. The largest absolute Gasteiger partial charge is 0.389 e. The van der Waals surface area contributed by atoms with E-state index in [1.807, 2.05) is 0 Å². The van der Waals surface area contributed by atoms with Gasteiger partial charge in [-0.05, 0) is 30.6 Å². The minimum atomic E-state index is 0.0951. The van der Waals surface area contributed by atoms with Gasteiger partial charge in [0.2, 0.25) is 0 Å². The predicted octanol–water partition coefficient (Wildman–Crippen LogP) is 2.79. The van der Waals surface area contributed by atoms with Gasteiger partial charge in [0.1, 0.15) is 5.01 Å². The quantitative estimate of drug-likeness (QED) is 0.797. The van der Waals surface area contributed by atoms with Gasteiger partial charge in [0.25, 0.3) is 0 Å². The molecule has 1 heterocycles. The van der Waals surface area contributed by atoms with Crippen molar-refractivity contribution in [2.75, 3.05) is 0 Å². The molecule has 0 aromatic carbocycles. The molecule has 1 aliphatic carbocycles. The van der Waals surface area contributed by atoms with E-state index in [1.54, 1.807) is 11.3 Å². The molecule has 3 heteroatoms. The average molecular weight is 225 g/mol. The zero-order chi connectivity index (χ0) is 11.1. The highest BCUT2D eigenvalue weighted by Crippen LogP contribution is 2.38. The van der Waals surface area contributed by atoms with Crippen LogP contribution < -0.4 is 0 Å². The van der Waals surface area contributed by atoms with Gasteiger partial charge in [-0.25, -0.2) is 4.98 Å². The Balaban J connectivity index is 2.19. The van der Waals surface area contributed by atoms with Crippen LogP contribution in [0.2, 0.25) is 0 Å². The monoisotopic (exact) mass is 225 g/mol. The average Bonchev–Trinajstić information content (AvgIpc) is 2.57. The first-order valence-electron chi connectivity index (χ1n) is 5.59. The Morgan fingerprint density at radius 2 is 2.20 bits per heavy atom. The Hall–Kier alpha value is -0.410. The molecule has 1 N–H and O–H groups in total. The summed E-state index contributed by atoms with van der Waals surface area (Å²) in [7, 11) is 0. The number of hydrogen-bond acceptors (Lipinski definition) is 3. The Morgan fingerprint density at radius 1 is 1.47 bits per heavy atom. The van der Waals surface area contributed by atoms with E-state index in [2.05, 4.69) is 25.8 Å². The SMILES string of the molecule is CC(C)(C)C1CCc2nc(CO)sc2C1. The number of aliphatic hydroxyl groups excluding tert-OH is 1. The van der Waals surface area contributed by atoms with Crippen LogP contribution in [0, 0.1) is 11.3 Å². The van der Waals surface area contributed by atoms with Crippen molar-refractivity contribution in [3.63, 3.8) is 0 Å². The van der Waals surface area contributed by atoms with Gasteiger partial charge in [-0.1, -0.05) is 20.8 Å². The molecule has 1 aliphatic rings. The van der Waals surface area contributed by atoms with Crippen LogP contribution in [0.1, 0.15) is 42.8 Å². The van der Waals surface area contributed by atoms with Crippen molar-refractivity contribution in [2.45, 2.75) is 46.6 Å². The third kappa shape index (κ3) is 2.23. The molecule has 2 nitrogen and oxygen atoms in total. The Morgan fingerprint density at radius 3 is 2.80 bits per heavy atom. The van der Waals surface area contributed by atoms with Gasteiger partial charge < -0.3 is 5.11 Å². The summed E-state index contributed by atoms with van der Waals surface area (Å²) in [4.78, 5) is 5.86. The summed E-state index contributed by atoms with van der Waals surface area (Å²) < 4.78 is 0. The second-order valence-corrected chi connectivity index (χ2v) is 6.61. The number of aryl methyl sites for hydroxylation is 1. The standard InChI is InChI=1S/C12H19NOS/c1-12(2,3)8-4-5-9-10(6-8)15-11(7-14)13-9/h8,14H,4-7H2,1-3H3. The summed E-state index contributed by atoms with van der Waals surface area (Å²) in [5, 5.41) is 9.94. The topological polar surface area (TPSA) is 33.1 Å². The molecule has 0 fully saturated rings. The summed E-state index contributed by atoms with van der Waals surface area (Å²) in [5.41, 5.74) is 1.63. The van der Waals surface area contributed by atoms with Crippen LogP contribution >= 0.6 is 11.3 Å². The number of hydrogen-bond donors (Lipinski definition) is 1. The van der Waals surface area contributed by atoms with E-state index in [0.29, 0.717) is 5.41 Å². The van der Waals surface area contributed by atoms with Gasteiger partial charge in [-0.3, -0.25) is 0 Å². The normalized spacial score (nSPS) is 21.5. The van der Waals surface area contributed by atoms with Gasteiger partial charge in [-0.2, -0.15) is 0 Å². The Bertz CT molecular complexity index is 351. The van der Waals surface area contributed by atoms with Gasteiger partial charge in [-0.15, -0.1) is 11.3 Å². The molecular formula is C12H19NOS. The smallest absolute Gasteiger partial charge is 0.119 e. The Kier molecular flexibility index (Phi) is 2.86. The van der Waals surface area contributed by atoms with Crippen molar-refractivity contribution in [1.29, 1.82) is 0 Å². The molecule has 1 aromatic rings. The summed E-state index contributed by atoms with van der Waals surface area (Å²) >= 11 is 1.69. The lowest BCUT2D eigenvalue weighted by atomic mass is 9.73. The molecule has 0 aliphatic heterocycles. The third-order valence-corrected chi connectivity index (χ3v) is 4.45. The minimum Gasteiger partial charge on any atom is -0.389 e. The fraction of sp³-hybridized carbons (Fsp3) is 0.750. The maximum atomic E-state index is 9.06. The predicted molar refractivity (Wildman–Crippen MR) is 63.0 cm³/mol. The number of aliphatic hydroxyl groups is 1. The molecule has 1 aromatic heterocycles. The molecule has 2 rings (SSSR count). The Labute approximate surface area is 95.4 Å². The molecule has 0 spiro atoms. The van der Waals surface area contributed by atoms with Crippen molar-refractivity contribution in [1.82, 2.24) is 4.98 Å². The highest BCUT2D eigenvalue weighted by atomic mass is 32.1. The molecule has 1 atom stereocenters.